The zero-order chi connectivity index (χ0) is 5.33. The highest BCUT2D eigenvalue weighted by Gasteiger charge is 2.29. The van der Waals surface area contributed by atoms with Crippen LogP contribution in [0.2, 0.25) is 0 Å². The van der Waals surface area contributed by atoms with Crippen molar-refractivity contribution < 1.29 is 0 Å². The molecular formula is C7H13+. The highest BCUT2D eigenvalue weighted by Crippen LogP contribution is 2.35. The minimum atomic E-state index is 0.639. The maximum absolute atomic E-state index is 2.39. The molecule has 0 heteroatoms. The van der Waals surface area contributed by atoms with Crippen LogP contribution in [0.4, 0.5) is 0 Å². The molecule has 0 aliphatic heterocycles. The fourth-order valence-electron chi connectivity index (χ4n) is 1.09. The van der Waals surface area contributed by atoms with Crippen molar-refractivity contribution in [3.63, 3.8) is 0 Å². The zero-order valence-corrected chi connectivity index (χ0v) is 5.20. The van der Waals surface area contributed by atoms with Crippen molar-refractivity contribution in [2.24, 2.45) is 5.41 Å². The van der Waals surface area contributed by atoms with Crippen LogP contribution < -0.4 is 0 Å². The summed E-state index contributed by atoms with van der Waals surface area (Å²) in [5.41, 5.74) is 0.639. The van der Waals surface area contributed by atoms with E-state index in [0.717, 1.165) is 0 Å². The van der Waals surface area contributed by atoms with Crippen molar-refractivity contribution >= 4 is 0 Å². The second-order valence-corrected chi connectivity index (χ2v) is 3.20. The van der Waals surface area contributed by atoms with Crippen LogP contribution in [0, 0.1) is 11.8 Å². The van der Waals surface area contributed by atoms with Gasteiger partial charge < -0.3 is 0 Å². The number of hydrogen-bond donors (Lipinski definition) is 0. The smallest absolute Gasteiger partial charge is 0.0557 e. The SMILES string of the molecule is CC1(C)C[CH+]CC1. The van der Waals surface area contributed by atoms with Crippen LogP contribution in [0.3, 0.4) is 0 Å². The molecular weight excluding hydrogens is 84.1 g/mol. The van der Waals surface area contributed by atoms with E-state index in [9.17, 15) is 0 Å². The summed E-state index contributed by atoms with van der Waals surface area (Å²) in [6.07, 6.45) is 6.45. The van der Waals surface area contributed by atoms with Gasteiger partial charge in [0.1, 0.15) is 0 Å². The molecule has 0 aromatic carbocycles. The fourth-order valence-corrected chi connectivity index (χ4v) is 1.09. The first kappa shape index (κ1) is 5.02. The van der Waals surface area contributed by atoms with Crippen molar-refractivity contribution in [1.29, 1.82) is 0 Å². The molecule has 40 valence electrons. The molecule has 0 radical (unpaired) electrons. The van der Waals surface area contributed by atoms with E-state index < -0.39 is 0 Å². The average molecular weight is 97.2 g/mol. The van der Waals surface area contributed by atoms with Gasteiger partial charge in [-0.15, -0.1) is 0 Å². The Kier molecular flexibility index (Phi) is 1.02. The molecule has 0 amide bonds. The van der Waals surface area contributed by atoms with Crippen LogP contribution in [0.25, 0.3) is 0 Å². The van der Waals surface area contributed by atoms with E-state index in [-0.39, 0.29) is 0 Å². The molecule has 0 spiro atoms. The lowest BCUT2D eigenvalue weighted by molar-refractivity contribution is 0.389. The Morgan fingerprint density at radius 2 is 2.14 bits per heavy atom. The first-order valence-electron chi connectivity index (χ1n) is 3.02. The molecule has 1 rings (SSSR count). The summed E-state index contributed by atoms with van der Waals surface area (Å²) in [5.74, 6) is 0. The lowest BCUT2D eigenvalue weighted by Gasteiger charge is -2.08. The minimum Gasteiger partial charge on any atom is -0.0557 e. The highest BCUT2D eigenvalue weighted by atomic mass is 14.3. The van der Waals surface area contributed by atoms with E-state index in [1.807, 2.05) is 0 Å². The molecule has 0 N–H and O–H groups in total. The fraction of sp³-hybridized carbons (Fsp3) is 0.857. The normalized spacial score (nSPS) is 27.1. The third kappa shape index (κ3) is 1.12. The van der Waals surface area contributed by atoms with Crippen molar-refractivity contribution in [2.75, 3.05) is 0 Å². The quantitative estimate of drug-likeness (QED) is 0.407. The van der Waals surface area contributed by atoms with E-state index >= 15 is 0 Å². The van der Waals surface area contributed by atoms with E-state index in [1.54, 1.807) is 0 Å². The van der Waals surface area contributed by atoms with Crippen LogP contribution in [-0.4, -0.2) is 0 Å². The second kappa shape index (κ2) is 1.43. The van der Waals surface area contributed by atoms with Gasteiger partial charge in [0.25, 0.3) is 0 Å². The van der Waals surface area contributed by atoms with Gasteiger partial charge in [0.2, 0.25) is 0 Å². The van der Waals surface area contributed by atoms with Crippen LogP contribution in [-0.2, 0) is 0 Å². The minimum absolute atomic E-state index is 0.639. The molecule has 0 bridgehead atoms. The van der Waals surface area contributed by atoms with E-state index in [0.29, 0.717) is 5.41 Å². The van der Waals surface area contributed by atoms with Crippen LogP contribution >= 0.6 is 0 Å². The molecule has 1 saturated carbocycles. The Balaban J connectivity index is 2.40. The molecule has 0 nitrogen and oxygen atoms in total. The Labute approximate surface area is 45.9 Å². The van der Waals surface area contributed by atoms with Gasteiger partial charge in [-0.3, -0.25) is 0 Å². The summed E-state index contributed by atoms with van der Waals surface area (Å²) in [7, 11) is 0. The van der Waals surface area contributed by atoms with E-state index in [1.165, 1.54) is 19.3 Å². The van der Waals surface area contributed by atoms with Crippen molar-refractivity contribution in [3.8, 4) is 0 Å². The topological polar surface area (TPSA) is 0 Å². The van der Waals surface area contributed by atoms with Gasteiger partial charge in [-0.2, -0.15) is 0 Å². The summed E-state index contributed by atoms with van der Waals surface area (Å²) >= 11 is 0. The largest absolute Gasteiger partial charge is 0.0927 e. The third-order valence-electron chi connectivity index (χ3n) is 1.72. The van der Waals surface area contributed by atoms with Gasteiger partial charge in [0.05, 0.1) is 19.3 Å². The molecule has 1 aliphatic rings. The Morgan fingerprint density at radius 1 is 1.43 bits per heavy atom. The number of rotatable bonds is 0. The van der Waals surface area contributed by atoms with Gasteiger partial charge in [-0.05, 0) is 6.42 Å². The summed E-state index contributed by atoms with van der Waals surface area (Å²) in [6.45, 7) is 4.66. The third-order valence-corrected chi connectivity index (χ3v) is 1.72. The van der Waals surface area contributed by atoms with Gasteiger partial charge in [-0.1, -0.05) is 13.8 Å². The Morgan fingerprint density at radius 3 is 2.29 bits per heavy atom. The van der Waals surface area contributed by atoms with E-state index in [2.05, 4.69) is 20.3 Å². The summed E-state index contributed by atoms with van der Waals surface area (Å²) < 4.78 is 0. The van der Waals surface area contributed by atoms with Gasteiger partial charge in [0, 0.05) is 5.41 Å². The molecule has 1 aliphatic carbocycles. The molecule has 0 aromatic rings. The molecule has 0 unspecified atom stereocenters. The number of hydrogen-bond acceptors (Lipinski definition) is 0. The van der Waals surface area contributed by atoms with Crippen molar-refractivity contribution in [2.45, 2.75) is 33.1 Å². The maximum atomic E-state index is 2.39. The lowest BCUT2D eigenvalue weighted by Crippen LogP contribution is -2.01. The first-order chi connectivity index (χ1) is 3.21. The summed E-state index contributed by atoms with van der Waals surface area (Å²) in [6, 6.07) is 0. The summed E-state index contributed by atoms with van der Waals surface area (Å²) in [4.78, 5) is 0. The predicted octanol–water partition coefficient (Wildman–Crippen LogP) is 2.40. The predicted molar refractivity (Wildman–Crippen MR) is 31.9 cm³/mol. The highest BCUT2D eigenvalue weighted by molar-refractivity contribution is 4.86. The Hall–Kier alpha value is -0.130. The first-order valence-corrected chi connectivity index (χ1v) is 3.02. The maximum Gasteiger partial charge on any atom is 0.0927 e. The second-order valence-electron chi connectivity index (χ2n) is 3.20. The monoisotopic (exact) mass is 97.1 g/mol. The van der Waals surface area contributed by atoms with E-state index in [4.69, 9.17) is 0 Å². The van der Waals surface area contributed by atoms with Crippen LogP contribution in [0.15, 0.2) is 0 Å². The average Bonchev–Trinajstić information content (AvgIpc) is 1.84. The van der Waals surface area contributed by atoms with Crippen LogP contribution in [0.5, 0.6) is 0 Å². The molecule has 1 fully saturated rings. The standard InChI is InChI=1S/C7H13/c1-7(2)5-3-4-6-7/h3H,4-6H2,1-2H3/q+1. The van der Waals surface area contributed by atoms with Gasteiger partial charge in [0.15, 0.2) is 0 Å². The zero-order valence-electron chi connectivity index (χ0n) is 5.20. The Bertz CT molecular complexity index is 54.4. The van der Waals surface area contributed by atoms with Crippen LogP contribution in [0.1, 0.15) is 33.1 Å². The molecule has 0 atom stereocenters. The lowest BCUT2D eigenvalue weighted by atomic mass is 9.92. The van der Waals surface area contributed by atoms with Crippen molar-refractivity contribution in [1.82, 2.24) is 0 Å². The van der Waals surface area contributed by atoms with Gasteiger partial charge in [-0.25, -0.2) is 0 Å². The molecule has 7 heavy (non-hydrogen) atoms. The van der Waals surface area contributed by atoms with Crippen molar-refractivity contribution in [3.05, 3.63) is 6.42 Å². The molecule has 0 aromatic heterocycles. The molecule has 0 heterocycles. The molecule has 0 saturated heterocycles. The summed E-state index contributed by atoms with van der Waals surface area (Å²) in [5, 5.41) is 0. The van der Waals surface area contributed by atoms with Gasteiger partial charge >= 0.3 is 0 Å².